The molecule has 0 aliphatic carbocycles. The Bertz CT molecular complexity index is 1270. The van der Waals surface area contributed by atoms with Crippen LogP contribution in [-0.2, 0) is 17.9 Å². The summed E-state index contributed by atoms with van der Waals surface area (Å²) in [5.41, 5.74) is 3.44. The highest BCUT2D eigenvalue weighted by molar-refractivity contribution is 8.26. The van der Waals surface area contributed by atoms with Gasteiger partial charge in [0.25, 0.3) is 11.5 Å². The number of aryl methyl sites for hydroxylation is 1. The van der Waals surface area contributed by atoms with E-state index in [-0.39, 0.29) is 17.0 Å². The summed E-state index contributed by atoms with van der Waals surface area (Å²) in [5.74, 6) is 0.666. The molecular weight excluding hydrogens is 464 g/mol. The maximum absolute atomic E-state index is 13.4. The summed E-state index contributed by atoms with van der Waals surface area (Å²) in [6.07, 6.45) is 4.71. The minimum atomic E-state index is -0.257. The minimum Gasteiger partial charge on any atom is -0.357 e. The average molecular weight is 493 g/mol. The van der Waals surface area contributed by atoms with Crippen molar-refractivity contribution in [1.29, 1.82) is 5.26 Å². The summed E-state index contributed by atoms with van der Waals surface area (Å²) in [6, 6.07) is 10.2. The quantitative estimate of drug-likeness (QED) is 0.428. The molecule has 3 heterocycles. The maximum Gasteiger partial charge on any atom is 0.270 e. The lowest BCUT2D eigenvalue weighted by Crippen LogP contribution is -2.33. The number of amides is 1. The van der Waals surface area contributed by atoms with Crippen LogP contribution in [0.25, 0.3) is 6.08 Å². The van der Waals surface area contributed by atoms with Crippen LogP contribution in [0, 0.1) is 25.2 Å². The van der Waals surface area contributed by atoms with Crippen LogP contribution in [0.1, 0.15) is 54.0 Å². The summed E-state index contributed by atoms with van der Waals surface area (Å²) in [4.78, 5) is 30.9. The van der Waals surface area contributed by atoms with Crippen molar-refractivity contribution in [3.8, 4) is 6.07 Å². The highest BCUT2D eigenvalue weighted by Gasteiger charge is 2.33. The van der Waals surface area contributed by atoms with Gasteiger partial charge in [-0.25, -0.2) is 0 Å². The predicted molar refractivity (Wildman–Crippen MR) is 142 cm³/mol. The number of pyridine rings is 1. The zero-order valence-electron chi connectivity index (χ0n) is 19.8. The molecular formula is C26H28N4O2S2. The molecule has 0 atom stereocenters. The number of aromatic nitrogens is 1. The van der Waals surface area contributed by atoms with Crippen LogP contribution in [0.4, 0.5) is 5.82 Å². The Morgan fingerprint density at radius 3 is 2.44 bits per heavy atom. The van der Waals surface area contributed by atoms with E-state index in [2.05, 4.69) is 11.0 Å². The van der Waals surface area contributed by atoms with E-state index in [0.29, 0.717) is 27.9 Å². The fourth-order valence-electron chi connectivity index (χ4n) is 4.49. The van der Waals surface area contributed by atoms with Crippen molar-refractivity contribution in [3.63, 3.8) is 0 Å². The van der Waals surface area contributed by atoms with Crippen LogP contribution in [0.5, 0.6) is 0 Å². The Morgan fingerprint density at radius 2 is 1.82 bits per heavy atom. The van der Waals surface area contributed by atoms with Crippen molar-refractivity contribution in [2.24, 2.45) is 0 Å². The molecule has 2 fully saturated rings. The van der Waals surface area contributed by atoms with Gasteiger partial charge < -0.3 is 4.90 Å². The molecule has 0 bridgehead atoms. The molecule has 0 unspecified atom stereocenters. The normalized spacial score (nSPS) is 17.2. The van der Waals surface area contributed by atoms with Crippen LogP contribution in [-0.4, -0.2) is 32.8 Å². The molecule has 2 aliphatic heterocycles. The Balaban J connectivity index is 1.80. The number of hydrogen-bond acceptors (Lipinski definition) is 6. The molecule has 4 rings (SSSR count). The van der Waals surface area contributed by atoms with E-state index >= 15 is 0 Å². The predicted octanol–water partition coefficient (Wildman–Crippen LogP) is 4.75. The lowest BCUT2D eigenvalue weighted by Gasteiger charge is -2.26. The van der Waals surface area contributed by atoms with Crippen LogP contribution >= 0.6 is 24.0 Å². The first-order valence-corrected chi connectivity index (χ1v) is 12.8. The second-order valence-electron chi connectivity index (χ2n) is 8.75. The number of thiocarbonyl (C=S) groups is 1. The average Bonchev–Trinajstić information content (AvgIpc) is 3.43. The zero-order chi connectivity index (χ0) is 24.4. The third kappa shape index (κ3) is 4.55. The summed E-state index contributed by atoms with van der Waals surface area (Å²) in [6.45, 7) is 8.48. The Kier molecular flexibility index (Phi) is 7.24. The van der Waals surface area contributed by atoms with Gasteiger partial charge in [-0.1, -0.05) is 60.7 Å². The van der Waals surface area contributed by atoms with Gasteiger partial charge in [-0.15, -0.1) is 0 Å². The molecule has 1 aromatic carbocycles. The molecule has 0 radical (unpaired) electrons. The van der Waals surface area contributed by atoms with E-state index in [4.69, 9.17) is 12.2 Å². The smallest absolute Gasteiger partial charge is 0.270 e. The number of nitrogens with zero attached hydrogens (tertiary/aromatic N) is 4. The van der Waals surface area contributed by atoms with Crippen molar-refractivity contribution in [3.05, 3.63) is 67.3 Å². The van der Waals surface area contributed by atoms with Crippen LogP contribution in [0.2, 0.25) is 0 Å². The second-order valence-corrected chi connectivity index (χ2v) is 10.4. The van der Waals surface area contributed by atoms with Crippen molar-refractivity contribution < 1.29 is 4.79 Å². The third-order valence-corrected chi connectivity index (χ3v) is 7.69. The summed E-state index contributed by atoms with van der Waals surface area (Å²) in [7, 11) is 0. The number of nitriles is 1. The molecule has 0 saturated carbocycles. The van der Waals surface area contributed by atoms with E-state index in [0.717, 1.165) is 54.9 Å². The fraction of sp³-hybridized carbons (Fsp3) is 0.385. The van der Waals surface area contributed by atoms with Gasteiger partial charge in [0.15, 0.2) is 0 Å². The molecule has 6 nitrogen and oxygen atoms in total. The number of hydrogen-bond donors (Lipinski definition) is 0. The highest BCUT2D eigenvalue weighted by Crippen LogP contribution is 2.37. The van der Waals surface area contributed by atoms with E-state index in [1.165, 1.54) is 11.8 Å². The largest absolute Gasteiger partial charge is 0.357 e. The first-order valence-electron chi connectivity index (χ1n) is 11.6. The Hall–Kier alpha value is -2.89. The molecule has 0 N–H and O–H groups in total. The summed E-state index contributed by atoms with van der Waals surface area (Å²) < 4.78 is 2.23. The number of rotatable bonds is 6. The summed E-state index contributed by atoms with van der Waals surface area (Å²) in [5, 5.41) is 9.75. The van der Waals surface area contributed by atoms with Gasteiger partial charge in [0.05, 0.1) is 11.4 Å². The Labute approximate surface area is 209 Å². The van der Waals surface area contributed by atoms with Gasteiger partial charge in [0, 0.05) is 25.2 Å². The molecule has 2 saturated heterocycles. The van der Waals surface area contributed by atoms with Crippen LogP contribution in [0.15, 0.2) is 34.0 Å². The zero-order valence-corrected chi connectivity index (χ0v) is 21.4. The van der Waals surface area contributed by atoms with Crippen molar-refractivity contribution in [1.82, 2.24) is 9.47 Å². The number of benzene rings is 1. The molecule has 1 aromatic heterocycles. The highest BCUT2D eigenvalue weighted by atomic mass is 32.2. The van der Waals surface area contributed by atoms with Crippen LogP contribution in [0.3, 0.4) is 0 Å². The van der Waals surface area contributed by atoms with Gasteiger partial charge in [-0.05, 0) is 50.3 Å². The van der Waals surface area contributed by atoms with E-state index < -0.39 is 0 Å². The van der Waals surface area contributed by atoms with Crippen LogP contribution < -0.4 is 10.5 Å². The molecule has 2 aromatic rings. The second kappa shape index (κ2) is 10.2. The Morgan fingerprint density at radius 1 is 1.15 bits per heavy atom. The summed E-state index contributed by atoms with van der Waals surface area (Å²) >= 11 is 6.83. The fourth-order valence-corrected chi connectivity index (χ4v) is 5.73. The maximum atomic E-state index is 13.4. The lowest BCUT2D eigenvalue weighted by molar-refractivity contribution is -0.122. The number of thioether (sulfide) groups is 1. The first-order chi connectivity index (χ1) is 16.3. The molecule has 0 spiro atoms. The monoisotopic (exact) mass is 492 g/mol. The van der Waals surface area contributed by atoms with Crippen molar-refractivity contribution >= 4 is 46.1 Å². The van der Waals surface area contributed by atoms with E-state index in [9.17, 15) is 14.9 Å². The number of carbonyl (C=O) groups is 1. The van der Waals surface area contributed by atoms with Gasteiger partial charge in [0.2, 0.25) is 0 Å². The molecule has 176 valence electrons. The number of anilines is 1. The van der Waals surface area contributed by atoms with Gasteiger partial charge in [0.1, 0.15) is 21.8 Å². The van der Waals surface area contributed by atoms with Gasteiger partial charge >= 0.3 is 0 Å². The van der Waals surface area contributed by atoms with E-state index in [1.807, 2.05) is 44.2 Å². The standard InChI is InChI=1S/C26H28N4O2S2/c1-4-11-29-23(28-12-5-6-13-28)20(18(3)21(15-27)24(29)31)14-22-25(32)30(26(33)34-22)16-19-9-7-17(2)8-10-19/h7-10,14H,4-6,11-13,16H2,1-3H3/b22-14-. The molecule has 1 amide bonds. The lowest BCUT2D eigenvalue weighted by atomic mass is 10.0. The topological polar surface area (TPSA) is 69.3 Å². The van der Waals surface area contributed by atoms with E-state index in [1.54, 1.807) is 16.4 Å². The third-order valence-electron chi connectivity index (χ3n) is 6.31. The van der Waals surface area contributed by atoms with Gasteiger partial charge in [-0.3, -0.25) is 19.1 Å². The molecule has 8 heteroatoms. The SMILES string of the molecule is CCCn1c(N2CCCC2)c(/C=C2\SC(=S)N(Cc3ccc(C)cc3)C2=O)c(C)c(C#N)c1=O. The van der Waals surface area contributed by atoms with Crippen molar-refractivity contribution in [2.45, 2.75) is 53.1 Å². The molecule has 2 aliphatic rings. The van der Waals surface area contributed by atoms with Gasteiger partial charge in [-0.2, -0.15) is 5.26 Å². The molecule has 34 heavy (non-hydrogen) atoms. The van der Waals surface area contributed by atoms with Crippen molar-refractivity contribution in [2.75, 3.05) is 18.0 Å². The first kappa shape index (κ1) is 24.2. The number of carbonyl (C=O) groups excluding carboxylic acids is 1. The minimum absolute atomic E-state index is 0.137.